The zero-order valence-electron chi connectivity index (χ0n) is 11.3. The van der Waals surface area contributed by atoms with Crippen LogP contribution in [-0.4, -0.2) is 18.9 Å². The maximum atomic E-state index is 11.6. The summed E-state index contributed by atoms with van der Waals surface area (Å²) in [6, 6.07) is 13.6. The number of carbonyl (C=O) groups excluding carboxylic acids is 2. The average Bonchev–Trinajstić information content (AvgIpc) is 2.47. The van der Waals surface area contributed by atoms with Crippen molar-refractivity contribution in [3.63, 3.8) is 0 Å². The average molecular weight is 270 g/mol. The minimum Gasteiger partial charge on any atom is -0.465 e. The first-order valence-electron chi connectivity index (χ1n) is 6.08. The van der Waals surface area contributed by atoms with E-state index in [0.29, 0.717) is 22.6 Å². The molecule has 2 aromatic carbocycles. The summed E-state index contributed by atoms with van der Waals surface area (Å²) in [6.07, 6.45) is 0. The van der Waals surface area contributed by atoms with Crippen LogP contribution in [0.5, 0.6) is 11.5 Å². The predicted octanol–water partition coefficient (Wildman–Crippen LogP) is 3.47. The van der Waals surface area contributed by atoms with Gasteiger partial charge in [0.2, 0.25) is 0 Å². The predicted molar refractivity (Wildman–Crippen MR) is 74.3 cm³/mol. The van der Waals surface area contributed by atoms with E-state index in [-0.39, 0.29) is 5.78 Å². The van der Waals surface area contributed by atoms with Crippen LogP contribution < -0.4 is 4.74 Å². The topological polar surface area (TPSA) is 52.6 Å². The SMILES string of the molecule is COC(=O)c1ccccc1Oc1cccc(C(C)=O)c1. The van der Waals surface area contributed by atoms with Crippen LogP contribution in [0.1, 0.15) is 27.6 Å². The Morgan fingerprint density at radius 1 is 1.00 bits per heavy atom. The molecular formula is C16H14O4. The summed E-state index contributed by atoms with van der Waals surface area (Å²) in [4.78, 5) is 23.0. The molecule has 0 aliphatic carbocycles. The minimum absolute atomic E-state index is 0.0447. The van der Waals surface area contributed by atoms with Crippen molar-refractivity contribution in [1.29, 1.82) is 0 Å². The molecule has 4 nitrogen and oxygen atoms in total. The summed E-state index contributed by atoms with van der Waals surface area (Å²) in [5.74, 6) is 0.370. The number of ketones is 1. The second-order valence-electron chi connectivity index (χ2n) is 4.17. The number of methoxy groups -OCH3 is 1. The van der Waals surface area contributed by atoms with Crippen molar-refractivity contribution in [3.8, 4) is 11.5 Å². The van der Waals surface area contributed by atoms with E-state index in [9.17, 15) is 9.59 Å². The van der Waals surface area contributed by atoms with Crippen LogP contribution in [0.25, 0.3) is 0 Å². The Balaban J connectivity index is 2.33. The highest BCUT2D eigenvalue weighted by Gasteiger charge is 2.13. The van der Waals surface area contributed by atoms with E-state index in [2.05, 4.69) is 0 Å². The molecule has 0 atom stereocenters. The van der Waals surface area contributed by atoms with Crippen LogP contribution >= 0.6 is 0 Å². The molecule has 0 aliphatic rings. The number of Topliss-reactive ketones (excluding diaryl/α,β-unsaturated/α-hetero) is 1. The lowest BCUT2D eigenvalue weighted by Gasteiger charge is -2.10. The number of benzene rings is 2. The summed E-state index contributed by atoms with van der Waals surface area (Å²) in [5.41, 5.74) is 0.890. The Labute approximate surface area is 116 Å². The minimum atomic E-state index is -0.469. The Kier molecular flexibility index (Phi) is 4.15. The van der Waals surface area contributed by atoms with Crippen molar-refractivity contribution in [3.05, 3.63) is 59.7 Å². The third kappa shape index (κ3) is 3.03. The molecule has 0 N–H and O–H groups in total. The van der Waals surface area contributed by atoms with Gasteiger partial charge in [-0.2, -0.15) is 0 Å². The van der Waals surface area contributed by atoms with E-state index in [1.165, 1.54) is 14.0 Å². The number of esters is 1. The lowest BCUT2D eigenvalue weighted by molar-refractivity contribution is 0.0597. The van der Waals surface area contributed by atoms with Crippen molar-refractivity contribution in [2.24, 2.45) is 0 Å². The number of ether oxygens (including phenoxy) is 2. The fourth-order valence-corrected chi connectivity index (χ4v) is 1.74. The van der Waals surface area contributed by atoms with Crippen molar-refractivity contribution in [2.75, 3.05) is 7.11 Å². The molecule has 2 rings (SSSR count). The zero-order chi connectivity index (χ0) is 14.5. The Bertz CT molecular complexity index is 646. The third-order valence-corrected chi connectivity index (χ3v) is 2.76. The van der Waals surface area contributed by atoms with Gasteiger partial charge in [-0.15, -0.1) is 0 Å². The first-order valence-corrected chi connectivity index (χ1v) is 6.08. The molecule has 20 heavy (non-hydrogen) atoms. The molecular weight excluding hydrogens is 256 g/mol. The van der Waals surface area contributed by atoms with E-state index >= 15 is 0 Å². The molecule has 102 valence electrons. The number of carbonyl (C=O) groups is 2. The van der Waals surface area contributed by atoms with E-state index in [1.807, 2.05) is 0 Å². The first-order chi connectivity index (χ1) is 9.61. The van der Waals surface area contributed by atoms with Gasteiger partial charge in [0.1, 0.15) is 17.1 Å². The van der Waals surface area contributed by atoms with Gasteiger partial charge in [0.25, 0.3) is 0 Å². The molecule has 0 aromatic heterocycles. The lowest BCUT2D eigenvalue weighted by atomic mass is 10.1. The second-order valence-corrected chi connectivity index (χ2v) is 4.17. The van der Waals surface area contributed by atoms with Crippen LogP contribution in [0.15, 0.2) is 48.5 Å². The van der Waals surface area contributed by atoms with E-state index in [1.54, 1.807) is 48.5 Å². The summed E-state index contributed by atoms with van der Waals surface area (Å²) >= 11 is 0. The van der Waals surface area contributed by atoms with Crippen LogP contribution in [0.4, 0.5) is 0 Å². The van der Waals surface area contributed by atoms with Gasteiger partial charge in [-0.3, -0.25) is 4.79 Å². The smallest absolute Gasteiger partial charge is 0.341 e. The van der Waals surface area contributed by atoms with Gasteiger partial charge in [-0.1, -0.05) is 24.3 Å². The number of rotatable bonds is 4. The van der Waals surface area contributed by atoms with Crippen molar-refractivity contribution < 1.29 is 19.1 Å². The van der Waals surface area contributed by atoms with Gasteiger partial charge in [-0.25, -0.2) is 4.79 Å². The molecule has 0 fully saturated rings. The quantitative estimate of drug-likeness (QED) is 0.630. The molecule has 0 spiro atoms. The maximum Gasteiger partial charge on any atom is 0.341 e. The molecule has 0 amide bonds. The molecule has 0 heterocycles. The van der Waals surface area contributed by atoms with Gasteiger partial charge in [0.15, 0.2) is 5.78 Å². The fraction of sp³-hybridized carbons (Fsp3) is 0.125. The standard InChI is InChI=1S/C16H14O4/c1-11(17)12-6-5-7-13(10-12)20-15-9-4-3-8-14(15)16(18)19-2/h3-10H,1-2H3. The van der Waals surface area contributed by atoms with E-state index < -0.39 is 5.97 Å². The number of hydrogen-bond donors (Lipinski definition) is 0. The van der Waals surface area contributed by atoms with E-state index in [4.69, 9.17) is 9.47 Å². The van der Waals surface area contributed by atoms with Gasteiger partial charge in [0.05, 0.1) is 7.11 Å². The molecule has 0 saturated carbocycles. The molecule has 0 bridgehead atoms. The molecule has 0 radical (unpaired) electrons. The van der Waals surface area contributed by atoms with Crippen LogP contribution in [0, 0.1) is 0 Å². The summed E-state index contributed by atoms with van der Waals surface area (Å²) in [5, 5.41) is 0. The Morgan fingerprint density at radius 3 is 2.45 bits per heavy atom. The van der Waals surface area contributed by atoms with Crippen LogP contribution in [0.2, 0.25) is 0 Å². The number of hydrogen-bond acceptors (Lipinski definition) is 4. The van der Waals surface area contributed by atoms with Gasteiger partial charge in [0, 0.05) is 5.56 Å². The normalized spacial score (nSPS) is 9.90. The van der Waals surface area contributed by atoms with Gasteiger partial charge >= 0.3 is 5.97 Å². The second kappa shape index (κ2) is 6.02. The lowest BCUT2D eigenvalue weighted by Crippen LogP contribution is -2.03. The molecule has 0 saturated heterocycles. The zero-order valence-corrected chi connectivity index (χ0v) is 11.3. The molecule has 2 aromatic rings. The monoisotopic (exact) mass is 270 g/mol. The number of para-hydroxylation sites is 1. The Morgan fingerprint density at radius 2 is 1.75 bits per heavy atom. The highest BCUT2D eigenvalue weighted by Crippen LogP contribution is 2.26. The molecule has 0 aliphatic heterocycles. The van der Waals surface area contributed by atoms with Gasteiger partial charge in [-0.05, 0) is 31.2 Å². The molecule has 0 unspecified atom stereocenters. The van der Waals surface area contributed by atoms with Crippen LogP contribution in [-0.2, 0) is 4.74 Å². The summed E-state index contributed by atoms with van der Waals surface area (Å²) in [7, 11) is 1.31. The van der Waals surface area contributed by atoms with Crippen molar-refractivity contribution in [2.45, 2.75) is 6.92 Å². The fourth-order valence-electron chi connectivity index (χ4n) is 1.74. The van der Waals surface area contributed by atoms with Crippen molar-refractivity contribution >= 4 is 11.8 Å². The first kappa shape index (κ1) is 13.8. The molecule has 4 heteroatoms. The third-order valence-electron chi connectivity index (χ3n) is 2.76. The highest BCUT2D eigenvalue weighted by atomic mass is 16.5. The largest absolute Gasteiger partial charge is 0.465 e. The highest BCUT2D eigenvalue weighted by molar-refractivity contribution is 5.94. The van der Waals surface area contributed by atoms with Gasteiger partial charge < -0.3 is 9.47 Å². The van der Waals surface area contributed by atoms with Crippen LogP contribution in [0.3, 0.4) is 0 Å². The Hall–Kier alpha value is -2.62. The van der Waals surface area contributed by atoms with E-state index in [0.717, 1.165) is 0 Å². The van der Waals surface area contributed by atoms with Crippen molar-refractivity contribution in [1.82, 2.24) is 0 Å². The summed E-state index contributed by atoms with van der Waals surface area (Å²) < 4.78 is 10.4. The summed E-state index contributed by atoms with van der Waals surface area (Å²) in [6.45, 7) is 1.49. The maximum absolute atomic E-state index is 11.6.